The summed E-state index contributed by atoms with van der Waals surface area (Å²) in [6.07, 6.45) is 3.01. The predicted molar refractivity (Wildman–Crippen MR) is 62.1 cm³/mol. The lowest BCUT2D eigenvalue weighted by Crippen LogP contribution is -2.34. The van der Waals surface area contributed by atoms with Crippen LogP contribution in [0.2, 0.25) is 0 Å². The number of hydrogen-bond acceptors (Lipinski definition) is 3. The standard InChI is InChI=1S/C12H19N3O/c1-3-9-7-10(15(4-2)14-9)8-11(16)12(13)5-6-12/h7H,3-6,8,13H2,1-2H3. The lowest BCUT2D eigenvalue weighted by atomic mass is 10.1. The molecule has 4 heteroatoms. The molecule has 1 aliphatic carbocycles. The molecule has 2 rings (SSSR count). The first-order chi connectivity index (χ1) is 7.59. The molecule has 0 aromatic carbocycles. The van der Waals surface area contributed by atoms with Crippen LogP contribution in [0.25, 0.3) is 0 Å². The van der Waals surface area contributed by atoms with Crippen molar-refractivity contribution in [1.29, 1.82) is 0 Å². The molecule has 0 bridgehead atoms. The largest absolute Gasteiger partial charge is 0.319 e. The van der Waals surface area contributed by atoms with Gasteiger partial charge in [-0.2, -0.15) is 5.10 Å². The van der Waals surface area contributed by atoms with Gasteiger partial charge in [0.05, 0.1) is 17.7 Å². The summed E-state index contributed by atoms with van der Waals surface area (Å²) in [5.74, 6) is 0.157. The fourth-order valence-corrected chi connectivity index (χ4v) is 1.86. The number of nitrogens with zero attached hydrogens (tertiary/aromatic N) is 2. The number of aromatic nitrogens is 2. The van der Waals surface area contributed by atoms with Gasteiger partial charge < -0.3 is 5.73 Å². The molecule has 4 nitrogen and oxygen atoms in total. The molecule has 0 saturated heterocycles. The van der Waals surface area contributed by atoms with Gasteiger partial charge in [-0.25, -0.2) is 0 Å². The van der Waals surface area contributed by atoms with E-state index >= 15 is 0 Å². The average molecular weight is 221 g/mol. The molecule has 16 heavy (non-hydrogen) atoms. The fraction of sp³-hybridized carbons (Fsp3) is 0.667. The van der Waals surface area contributed by atoms with Crippen molar-refractivity contribution in [3.8, 4) is 0 Å². The van der Waals surface area contributed by atoms with Crippen LogP contribution in [0.4, 0.5) is 0 Å². The Balaban J connectivity index is 2.13. The van der Waals surface area contributed by atoms with Crippen molar-refractivity contribution in [1.82, 2.24) is 9.78 Å². The summed E-state index contributed by atoms with van der Waals surface area (Å²) in [4.78, 5) is 11.9. The molecule has 0 spiro atoms. The van der Waals surface area contributed by atoms with E-state index in [0.717, 1.165) is 37.2 Å². The zero-order valence-electron chi connectivity index (χ0n) is 9.99. The van der Waals surface area contributed by atoms with Crippen molar-refractivity contribution in [2.24, 2.45) is 5.73 Å². The summed E-state index contributed by atoms with van der Waals surface area (Å²) in [5.41, 5.74) is 7.42. The van der Waals surface area contributed by atoms with E-state index < -0.39 is 5.54 Å². The van der Waals surface area contributed by atoms with E-state index in [1.165, 1.54) is 0 Å². The Kier molecular flexibility index (Phi) is 2.84. The van der Waals surface area contributed by atoms with Crippen LogP contribution in [0.3, 0.4) is 0 Å². The topological polar surface area (TPSA) is 60.9 Å². The third kappa shape index (κ3) is 2.02. The van der Waals surface area contributed by atoms with E-state index in [-0.39, 0.29) is 5.78 Å². The molecule has 1 aromatic rings. The van der Waals surface area contributed by atoms with Crippen molar-refractivity contribution >= 4 is 5.78 Å². The number of nitrogens with two attached hydrogens (primary N) is 1. The normalized spacial score (nSPS) is 17.4. The van der Waals surface area contributed by atoms with Crippen LogP contribution in [-0.2, 0) is 24.2 Å². The lowest BCUT2D eigenvalue weighted by Gasteiger charge is -2.08. The van der Waals surface area contributed by atoms with Gasteiger partial charge >= 0.3 is 0 Å². The third-order valence-corrected chi connectivity index (χ3v) is 3.26. The average Bonchev–Trinajstić information content (AvgIpc) is 2.91. The van der Waals surface area contributed by atoms with Crippen LogP contribution in [0.15, 0.2) is 6.07 Å². The van der Waals surface area contributed by atoms with Crippen molar-refractivity contribution in [3.05, 3.63) is 17.5 Å². The Morgan fingerprint density at radius 3 is 2.75 bits per heavy atom. The van der Waals surface area contributed by atoms with Gasteiger partial charge in [-0.05, 0) is 32.3 Å². The molecule has 1 aliphatic rings. The Hall–Kier alpha value is -1.16. The zero-order valence-corrected chi connectivity index (χ0v) is 9.99. The summed E-state index contributed by atoms with van der Waals surface area (Å²) in [7, 11) is 0. The summed E-state index contributed by atoms with van der Waals surface area (Å²) < 4.78 is 1.91. The predicted octanol–water partition coefficient (Wildman–Crippen LogP) is 1.07. The van der Waals surface area contributed by atoms with Crippen LogP contribution < -0.4 is 5.73 Å². The molecule has 0 amide bonds. The highest BCUT2D eigenvalue weighted by atomic mass is 16.1. The van der Waals surface area contributed by atoms with Crippen LogP contribution in [0.1, 0.15) is 38.1 Å². The van der Waals surface area contributed by atoms with Gasteiger partial charge in [0.2, 0.25) is 0 Å². The summed E-state index contributed by atoms with van der Waals surface area (Å²) in [6, 6.07) is 2.02. The number of aryl methyl sites for hydroxylation is 2. The van der Waals surface area contributed by atoms with Crippen molar-refractivity contribution in [2.45, 2.75) is 51.6 Å². The second-order valence-corrected chi connectivity index (χ2v) is 4.55. The van der Waals surface area contributed by atoms with Crippen LogP contribution in [0.5, 0.6) is 0 Å². The maximum absolute atomic E-state index is 11.9. The Morgan fingerprint density at radius 1 is 1.56 bits per heavy atom. The van der Waals surface area contributed by atoms with Gasteiger partial charge in [0.25, 0.3) is 0 Å². The quantitative estimate of drug-likeness (QED) is 0.809. The summed E-state index contributed by atoms with van der Waals surface area (Å²) in [5, 5.41) is 4.43. The van der Waals surface area contributed by atoms with Crippen molar-refractivity contribution in [3.63, 3.8) is 0 Å². The maximum atomic E-state index is 11.9. The van der Waals surface area contributed by atoms with E-state index in [9.17, 15) is 4.79 Å². The van der Waals surface area contributed by atoms with Gasteiger partial charge in [-0.15, -0.1) is 0 Å². The summed E-state index contributed by atoms with van der Waals surface area (Å²) in [6.45, 7) is 4.91. The van der Waals surface area contributed by atoms with Gasteiger partial charge in [-0.3, -0.25) is 9.48 Å². The first kappa shape index (κ1) is 11.3. The number of ketones is 1. The first-order valence-electron chi connectivity index (χ1n) is 5.97. The number of carbonyl (C=O) groups is 1. The van der Waals surface area contributed by atoms with Gasteiger partial charge in [-0.1, -0.05) is 6.92 Å². The molecule has 1 saturated carbocycles. The molecule has 0 unspecified atom stereocenters. The number of rotatable bonds is 5. The van der Waals surface area contributed by atoms with Crippen molar-refractivity contribution in [2.75, 3.05) is 0 Å². The zero-order chi connectivity index (χ0) is 11.8. The molecule has 0 aliphatic heterocycles. The molecule has 0 radical (unpaired) electrons. The second kappa shape index (κ2) is 4.01. The first-order valence-corrected chi connectivity index (χ1v) is 5.97. The number of Topliss-reactive ketones (excluding diaryl/α,β-unsaturated/α-hetero) is 1. The third-order valence-electron chi connectivity index (χ3n) is 3.26. The molecule has 88 valence electrons. The molecule has 1 fully saturated rings. The second-order valence-electron chi connectivity index (χ2n) is 4.55. The van der Waals surface area contributed by atoms with Crippen molar-refractivity contribution < 1.29 is 4.79 Å². The van der Waals surface area contributed by atoms with E-state index in [4.69, 9.17) is 5.73 Å². The van der Waals surface area contributed by atoms with Crippen LogP contribution in [0, 0.1) is 0 Å². The molecule has 1 heterocycles. The maximum Gasteiger partial charge on any atom is 0.158 e. The van der Waals surface area contributed by atoms with Gasteiger partial charge in [0, 0.05) is 12.2 Å². The van der Waals surface area contributed by atoms with E-state index in [2.05, 4.69) is 12.0 Å². The smallest absolute Gasteiger partial charge is 0.158 e. The monoisotopic (exact) mass is 221 g/mol. The minimum atomic E-state index is -0.519. The van der Waals surface area contributed by atoms with Crippen LogP contribution >= 0.6 is 0 Å². The SMILES string of the molecule is CCc1cc(CC(=O)C2(N)CC2)n(CC)n1. The minimum absolute atomic E-state index is 0.157. The summed E-state index contributed by atoms with van der Waals surface area (Å²) >= 11 is 0. The number of carbonyl (C=O) groups excluding carboxylic acids is 1. The Bertz CT molecular complexity index is 404. The van der Waals surface area contributed by atoms with E-state index in [1.807, 2.05) is 17.7 Å². The molecule has 2 N–H and O–H groups in total. The molecule has 0 atom stereocenters. The molecular formula is C12H19N3O. The lowest BCUT2D eigenvalue weighted by molar-refractivity contribution is -0.120. The van der Waals surface area contributed by atoms with E-state index in [1.54, 1.807) is 0 Å². The number of hydrogen-bond donors (Lipinski definition) is 1. The van der Waals surface area contributed by atoms with E-state index in [0.29, 0.717) is 6.42 Å². The fourth-order valence-electron chi connectivity index (χ4n) is 1.86. The van der Waals surface area contributed by atoms with Crippen LogP contribution in [-0.4, -0.2) is 21.1 Å². The highest BCUT2D eigenvalue weighted by Crippen LogP contribution is 2.34. The Morgan fingerprint density at radius 2 is 2.25 bits per heavy atom. The highest BCUT2D eigenvalue weighted by molar-refractivity contribution is 5.92. The molecule has 1 aromatic heterocycles. The highest BCUT2D eigenvalue weighted by Gasteiger charge is 2.45. The molecular weight excluding hydrogens is 202 g/mol. The van der Waals surface area contributed by atoms with Gasteiger partial charge in [0.1, 0.15) is 0 Å². The minimum Gasteiger partial charge on any atom is -0.319 e. The Labute approximate surface area is 95.8 Å². The van der Waals surface area contributed by atoms with Gasteiger partial charge in [0.15, 0.2) is 5.78 Å².